The number of carbonyl (C=O) groups is 1. The molecule has 0 bridgehead atoms. The highest BCUT2D eigenvalue weighted by Gasteiger charge is 2.16. The fourth-order valence-electron chi connectivity index (χ4n) is 1.29. The number of anilines is 1. The van der Waals surface area contributed by atoms with Crippen LogP contribution in [-0.2, 0) is 0 Å². The molecule has 0 fully saturated rings. The number of carboxylic acid groups (broad SMARTS) is 1. The first-order valence-electron chi connectivity index (χ1n) is 4.16. The van der Waals surface area contributed by atoms with Gasteiger partial charge in [-0.05, 0) is 12.1 Å². The Morgan fingerprint density at radius 1 is 1.36 bits per heavy atom. The Labute approximate surface area is 80.3 Å². The Morgan fingerprint density at radius 3 is 2.93 bits per heavy atom. The predicted molar refractivity (Wildman–Crippen MR) is 49.1 cm³/mol. The summed E-state index contributed by atoms with van der Waals surface area (Å²) in [7, 11) is 0. The third-order valence-corrected chi connectivity index (χ3v) is 1.81. The highest BCUT2D eigenvalue weighted by atomic mass is 16.6. The molecule has 5 heteroatoms. The van der Waals surface area contributed by atoms with Crippen molar-refractivity contribution in [3.63, 3.8) is 0 Å². The molecule has 1 aromatic rings. The summed E-state index contributed by atoms with van der Waals surface area (Å²) in [5.41, 5.74) is 0.412. The van der Waals surface area contributed by atoms with Crippen molar-refractivity contribution in [1.82, 2.24) is 0 Å². The van der Waals surface area contributed by atoms with Crippen LogP contribution in [0.2, 0.25) is 0 Å². The summed E-state index contributed by atoms with van der Waals surface area (Å²) >= 11 is 0. The number of hydrogen-bond acceptors (Lipinski definition) is 3. The minimum absolute atomic E-state index is 0.412. The molecule has 74 valence electrons. The van der Waals surface area contributed by atoms with Gasteiger partial charge < -0.3 is 14.6 Å². The highest BCUT2D eigenvalue weighted by molar-refractivity contribution is 5.86. The second-order valence-corrected chi connectivity index (χ2v) is 2.76. The van der Waals surface area contributed by atoms with Crippen LogP contribution in [0.25, 0.3) is 0 Å². The topological polar surface area (TPSA) is 67.8 Å². The van der Waals surface area contributed by atoms with E-state index in [9.17, 15) is 4.79 Å². The molecule has 0 aromatic heterocycles. The fourth-order valence-corrected chi connectivity index (χ4v) is 1.29. The van der Waals surface area contributed by atoms with Gasteiger partial charge in [0, 0.05) is 0 Å². The van der Waals surface area contributed by atoms with E-state index in [-0.39, 0.29) is 0 Å². The molecular weight excluding hydrogens is 186 g/mol. The van der Waals surface area contributed by atoms with Crippen molar-refractivity contribution < 1.29 is 19.4 Å². The maximum absolute atomic E-state index is 10.4. The maximum Gasteiger partial charge on any atom is 0.409 e. The molecule has 1 aliphatic heterocycles. The standard InChI is InChI=1S/C9H9NO4/c11-9(12)10-6-2-1-3-7-8(6)14-5-4-13-7/h1-3,10H,4-5H2,(H,11,12). The molecule has 0 spiro atoms. The molecule has 1 heterocycles. The van der Waals surface area contributed by atoms with Crippen molar-refractivity contribution in [1.29, 1.82) is 0 Å². The number of para-hydroxylation sites is 1. The molecule has 5 nitrogen and oxygen atoms in total. The van der Waals surface area contributed by atoms with Gasteiger partial charge in [-0.2, -0.15) is 0 Å². The highest BCUT2D eigenvalue weighted by Crippen LogP contribution is 2.36. The lowest BCUT2D eigenvalue weighted by molar-refractivity contribution is 0.172. The molecule has 1 aromatic carbocycles. The summed E-state index contributed by atoms with van der Waals surface area (Å²) in [5, 5.41) is 10.8. The van der Waals surface area contributed by atoms with E-state index in [4.69, 9.17) is 14.6 Å². The van der Waals surface area contributed by atoms with Crippen molar-refractivity contribution >= 4 is 11.8 Å². The van der Waals surface area contributed by atoms with Crippen molar-refractivity contribution in [3.8, 4) is 11.5 Å². The van der Waals surface area contributed by atoms with E-state index in [1.165, 1.54) is 0 Å². The Balaban J connectivity index is 2.35. The lowest BCUT2D eigenvalue weighted by Gasteiger charge is -2.20. The molecular formula is C9H9NO4. The number of benzene rings is 1. The lowest BCUT2D eigenvalue weighted by Crippen LogP contribution is -2.17. The zero-order chi connectivity index (χ0) is 9.97. The Morgan fingerprint density at radius 2 is 2.14 bits per heavy atom. The SMILES string of the molecule is O=C(O)Nc1cccc2c1OCCO2. The van der Waals surface area contributed by atoms with Crippen LogP contribution in [-0.4, -0.2) is 24.4 Å². The van der Waals surface area contributed by atoms with E-state index in [0.717, 1.165) is 0 Å². The second kappa shape index (κ2) is 3.45. The molecule has 2 rings (SSSR count). The molecule has 1 amide bonds. The monoisotopic (exact) mass is 195 g/mol. The quantitative estimate of drug-likeness (QED) is 0.713. The normalized spacial score (nSPS) is 13.4. The first-order valence-corrected chi connectivity index (χ1v) is 4.16. The second-order valence-electron chi connectivity index (χ2n) is 2.76. The smallest absolute Gasteiger partial charge is 0.409 e. The van der Waals surface area contributed by atoms with E-state index < -0.39 is 6.09 Å². The van der Waals surface area contributed by atoms with Crippen molar-refractivity contribution in [2.75, 3.05) is 18.5 Å². The molecule has 14 heavy (non-hydrogen) atoms. The fraction of sp³-hybridized carbons (Fsp3) is 0.222. The summed E-state index contributed by atoms with van der Waals surface area (Å²) in [4.78, 5) is 10.4. The van der Waals surface area contributed by atoms with Crippen LogP contribution in [0.15, 0.2) is 18.2 Å². The first-order chi connectivity index (χ1) is 6.77. The van der Waals surface area contributed by atoms with Gasteiger partial charge in [0.15, 0.2) is 11.5 Å². The van der Waals surface area contributed by atoms with Crippen LogP contribution in [0, 0.1) is 0 Å². The van der Waals surface area contributed by atoms with Crippen molar-refractivity contribution in [2.24, 2.45) is 0 Å². The van der Waals surface area contributed by atoms with Crippen LogP contribution in [0.5, 0.6) is 11.5 Å². The van der Waals surface area contributed by atoms with Crippen molar-refractivity contribution in [3.05, 3.63) is 18.2 Å². The average molecular weight is 195 g/mol. The van der Waals surface area contributed by atoms with Crippen molar-refractivity contribution in [2.45, 2.75) is 0 Å². The van der Waals surface area contributed by atoms with Gasteiger partial charge in [-0.25, -0.2) is 4.79 Å². The number of rotatable bonds is 1. The zero-order valence-corrected chi connectivity index (χ0v) is 7.32. The van der Waals surface area contributed by atoms with Gasteiger partial charge in [0.2, 0.25) is 0 Å². The summed E-state index contributed by atoms with van der Waals surface area (Å²) < 4.78 is 10.6. The zero-order valence-electron chi connectivity index (χ0n) is 7.32. The molecule has 0 unspecified atom stereocenters. The average Bonchev–Trinajstić information content (AvgIpc) is 2.18. The largest absolute Gasteiger partial charge is 0.486 e. The Kier molecular flexibility index (Phi) is 2.14. The van der Waals surface area contributed by atoms with Gasteiger partial charge in [0.05, 0.1) is 5.69 Å². The predicted octanol–water partition coefficient (Wildman–Crippen LogP) is 1.55. The number of nitrogens with one attached hydrogen (secondary N) is 1. The Bertz CT molecular complexity index is 364. The number of amides is 1. The minimum atomic E-state index is -1.12. The summed E-state index contributed by atoms with van der Waals surface area (Å²) in [6, 6.07) is 5.07. The molecule has 0 radical (unpaired) electrons. The number of fused-ring (bicyclic) bond motifs is 1. The van der Waals surface area contributed by atoms with E-state index in [1.54, 1.807) is 18.2 Å². The van der Waals surface area contributed by atoms with Crippen LogP contribution >= 0.6 is 0 Å². The summed E-state index contributed by atoms with van der Waals surface area (Å²) in [6.07, 6.45) is -1.12. The van der Waals surface area contributed by atoms with Crippen LogP contribution < -0.4 is 14.8 Å². The van der Waals surface area contributed by atoms with E-state index in [1.807, 2.05) is 0 Å². The van der Waals surface area contributed by atoms with Crippen LogP contribution in [0.1, 0.15) is 0 Å². The number of hydrogen-bond donors (Lipinski definition) is 2. The summed E-state index contributed by atoms with van der Waals surface area (Å²) in [5.74, 6) is 1.03. The van der Waals surface area contributed by atoms with Gasteiger partial charge in [-0.1, -0.05) is 6.07 Å². The van der Waals surface area contributed by atoms with Crippen LogP contribution in [0.3, 0.4) is 0 Å². The maximum atomic E-state index is 10.4. The molecule has 0 saturated carbocycles. The molecule has 1 aliphatic rings. The lowest BCUT2D eigenvalue weighted by atomic mass is 10.2. The minimum Gasteiger partial charge on any atom is -0.486 e. The molecule has 0 atom stereocenters. The van der Waals surface area contributed by atoms with E-state index >= 15 is 0 Å². The van der Waals surface area contributed by atoms with Gasteiger partial charge >= 0.3 is 6.09 Å². The third-order valence-electron chi connectivity index (χ3n) is 1.81. The van der Waals surface area contributed by atoms with Gasteiger partial charge in [-0.3, -0.25) is 5.32 Å². The molecule has 0 saturated heterocycles. The van der Waals surface area contributed by atoms with Gasteiger partial charge in [0.1, 0.15) is 13.2 Å². The molecule has 2 N–H and O–H groups in total. The summed E-state index contributed by atoms with van der Waals surface area (Å²) in [6.45, 7) is 0.925. The first kappa shape index (κ1) is 8.68. The van der Waals surface area contributed by atoms with E-state index in [0.29, 0.717) is 30.4 Å². The Hall–Kier alpha value is -1.91. The van der Waals surface area contributed by atoms with E-state index in [2.05, 4.69) is 5.32 Å². The third kappa shape index (κ3) is 1.56. The number of ether oxygens (including phenoxy) is 2. The van der Waals surface area contributed by atoms with Gasteiger partial charge in [0.25, 0.3) is 0 Å². The van der Waals surface area contributed by atoms with Crippen LogP contribution in [0.4, 0.5) is 10.5 Å². The molecule has 0 aliphatic carbocycles. The van der Waals surface area contributed by atoms with Gasteiger partial charge in [-0.15, -0.1) is 0 Å².